The molecule has 0 spiro atoms. The number of hydrogen-bond donors (Lipinski definition) is 5. The van der Waals surface area contributed by atoms with Gasteiger partial charge in [0, 0.05) is 55.4 Å². The van der Waals surface area contributed by atoms with Crippen molar-refractivity contribution in [2.75, 3.05) is 63.1 Å². The molecule has 0 radical (unpaired) electrons. The number of nitrogens with one attached hydrogen (secondary N) is 3. The number of nitrogens with two attached hydrogens (primary N) is 1. The summed E-state index contributed by atoms with van der Waals surface area (Å²) >= 11 is 12.8. The van der Waals surface area contributed by atoms with Gasteiger partial charge in [0.05, 0.1) is 13.2 Å². The number of rotatable bonds is 11. The fourth-order valence-electron chi connectivity index (χ4n) is 6.08. The number of amidine groups is 1. The van der Waals surface area contributed by atoms with Crippen LogP contribution in [0.25, 0.3) is 0 Å². The maximum Gasteiger partial charge on any atom is 0.412 e. The number of hydrogen-bond acceptors (Lipinski definition) is 11. The van der Waals surface area contributed by atoms with Crippen molar-refractivity contribution >= 4 is 52.7 Å². The summed E-state index contributed by atoms with van der Waals surface area (Å²) in [5.41, 5.74) is 7.56. The number of halogens is 2. The Labute approximate surface area is 273 Å². The van der Waals surface area contributed by atoms with Crippen LogP contribution in [0.4, 0.5) is 16.4 Å². The molecule has 0 unspecified atom stereocenters. The van der Waals surface area contributed by atoms with Gasteiger partial charge in [-0.3, -0.25) is 25.3 Å². The van der Waals surface area contributed by atoms with E-state index in [1.54, 1.807) is 13.0 Å². The first kappa shape index (κ1) is 34.6. The number of ether oxygens (including phenoxy) is 1. The van der Waals surface area contributed by atoms with Gasteiger partial charge in [0.25, 0.3) is 5.91 Å². The normalized spacial score (nSPS) is 18.1. The number of nitrogen functional groups attached to an aromatic ring is 1. The molecule has 2 fully saturated rings. The molecule has 0 bridgehead atoms. The molecule has 1 aromatic carbocycles. The number of carbonyl (C=O) groups is 2. The monoisotopic (exact) mass is 663 g/mol. The number of aliphatic hydroxyl groups is 1. The Morgan fingerprint density at radius 1 is 1.16 bits per heavy atom. The summed E-state index contributed by atoms with van der Waals surface area (Å²) in [5.74, 6) is -0.0822. The van der Waals surface area contributed by atoms with E-state index in [0.717, 1.165) is 57.4 Å². The van der Waals surface area contributed by atoms with Gasteiger partial charge in [-0.1, -0.05) is 42.6 Å². The van der Waals surface area contributed by atoms with E-state index in [9.17, 15) is 9.59 Å². The Morgan fingerprint density at radius 2 is 1.91 bits per heavy atom. The van der Waals surface area contributed by atoms with Crippen molar-refractivity contribution in [3.63, 3.8) is 0 Å². The lowest BCUT2D eigenvalue weighted by atomic mass is 9.96. The maximum atomic E-state index is 12.3. The maximum absolute atomic E-state index is 12.3. The SMILES string of the molecule is CCC[C@H]1CN(c2nc(N)c(C(=O)NCCO)nc2Cl)CCN1C1CCN(Cc2ccc(Cl)cc2C(=N)NC(=O)OCC)CC1. The first-order valence-corrected chi connectivity index (χ1v) is 16.2. The zero-order valence-corrected chi connectivity index (χ0v) is 27.3. The lowest BCUT2D eigenvalue weighted by Gasteiger charge is -2.48. The Morgan fingerprint density at radius 3 is 2.60 bits per heavy atom. The van der Waals surface area contributed by atoms with E-state index in [2.05, 4.69) is 42.2 Å². The van der Waals surface area contributed by atoms with E-state index >= 15 is 0 Å². The second kappa shape index (κ2) is 16.4. The number of aliphatic hydroxyl groups excluding tert-OH is 1. The minimum atomic E-state index is -0.660. The first-order valence-electron chi connectivity index (χ1n) is 15.4. The topological polar surface area (TPSA) is 173 Å². The summed E-state index contributed by atoms with van der Waals surface area (Å²) in [6, 6.07) is 6.15. The fourth-order valence-corrected chi connectivity index (χ4v) is 6.50. The van der Waals surface area contributed by atoms with Crippen molar-refractivity contribution in [2.24, 2.45) is 0 Å². The highest BCUT2D eigenvalue weighted by molar-refractivity contribution is 6.32. The van der Waals surface area contributed by atoms with Crippen LogP contribution in [0.2, 0.25) is 10.2 Å². The van der Waals surface area contributed by atoms with Crippen molar-refractivity contribution in [3.8, 4) is 0 Å². The molecule has 4 rings (SSSR count). The number of carbonyl (C=O) groups excluding carboxylic acids is 2. The predicted molar refractivity (Wildman–Crippen MR) is 175 cm³/mol. The third-order valence-corrected chi connectivity index (χ3v) is 8.68. The molecular formula is C30H43Cl2N9O4. The van der Waals surface area contributed by atoms with Crippen molar-refractivity contribution in [2.45, 2.75) is 58.2 Å². The molecule has 0 aliphatic carbocycles. The highest BCUT2D eigenvalue weighted by Crippen LogP contribution is 2.30. The smallest absolute Gasteiger partial charge is 0.412 e. The predicted octanol–water partition coefficient (Wildman–Crippen LogP) is 3.11. The summed E-state index contributed by atoms with van der Waals surface area (Å²) < 4.78 is 4.94. The van der Waals surface area contributed by atoms with Crippen LogP contribution in [0.5, 0.6) is 0 Å². The van der Waals surface area contributed by atoms with Crippen molar-refractivity contribution in [1.82, 2.24) is 30.4 Å². The quantitative estimate of drug-likeness (QED) is 0.178. The van der Waals surface area contributed by atoms with Crippen LogP contribution in [0.1, 0.15) is 61.1 Å². The lowest BCUT2D eigenvalue weighted by molar-refractivity contribution is 0.0589. The molecule has 2 saturated heterocycles. The number of benzene rings is 1. The van der Waals surface area contributed by atoms with Gasteiger partial charge in [-0.25, -0.2) is 14.8 Å². The zero-order valence-electron chi connectivity index (χ0n) is 25.8. The summed E-state index contributed by atoms with van der Waals surface area (Å²) in [5, 5.41) is 23.1. The molecule has 2 amide bonds. The number of piperazine rings is 1. The number of likely N-dealkylation sites (tertiary alicyclic amines) is 1. The first-order chi connectivity index (χ1) is 21.6. The van der Waals surface area contributed by atoms with Crippen LogP contribution in [-0.2, 0) is 11.3 Å². The van der Waals surface area contributed by atoms with Crippen LogP contribution in [-0.4, -0.2) is 107 Å². The molecule has 1 atom stereocenters. The van der Waals surface area contributed by atoms with E-state index in [1.807, 2.05) is 12.1 Å². The number of alkyl carbamates (subject to hydrolysis) is 1. The average molecular weight is 665 g/mol. The standard InChI is InChI=1S/C30H43Cl2N9O4/c1-3-5-22-18-40(28-25(32)36-24(27(34)37-28)29(43)35-10-15-42)13-14-41(22)21-8-11-39(12-9-21)17-19-6-7-20(31)16-23(19)26(33)38-30(44)45-4-2/h6-7,16,21-22,42H,3-5,8-15,17-18H2,1-2H3,(H2,34,37)(H,35,43)(H2,33,38,44)/t22-/m0/s1. The Hall–Kier alpha value is -3.23. The Balaban J connectivity index is 1.38. The van der Waals surface area contributed by atoms with E-state index in [4.69, 9.17) is 44.2 Å². The average Bonchev–Trinajstić information content (AvgIpc) is 3.02. The Kier molecular flexibility index (Phi) is 12.6. The van der Waals surface area contributed by atoms with E-state index in [0.29, 0.717) is 41.6 Å². The van der Waals surface area contributed by atoms with Gasteiger partial charge in [-0.05, 0) is 57.0 Å². The second-order valence-electron chi connectivity index (χ2n) is 11.2. The molecule has 2 aromatic rings. The van der Waals surface area contributed by atoms with Gasteiger partial charge < -0.3 is 25.8 Å². The molecule has 3 heterocycles. The van der Waals surface area contributed by atoms with Crippen LogP contribution in [0.15, 0.2) is 18.2 Å². The van der Waals surface area contributed by atoms with Crippen molar-refractivity contribution in [3.05, 3.63) is 45.2 Å². The largest absolute Gasteiger partial charge is 0.450 e. The molecule has 45 heavy (non-hydrogen) atoms. The van der Waals surface area contributed by atoms with Gasteiger partial charge in [0.2, 0.25) is 0 Å². The minimum absolute atomic E-state index is 0.00217. The number of amides is 2. The highest BCUT2D eigenvalue weighted by Gasteiger charge is 2.35. The summed E-state index contributed by atoms with van der Waals surface area (Å²) in [7, 11) is 0. The molecular weight excluding hydrogens is 621 g/mol. The lowest BCUT2D eigenvalue weighted by Crippen LogP contribution is -2.58. The van der Waals surface area contributed by atoms with Crippen LogP contribution in [0.3, 0.4) is 0 Å². The van der Waals surface area contributed by atoms with Gasteiger partial charge in [0.1, 0.15) is 5.84 Å². The molecule has 2 aliphatic heterocycles. The third-order valence-electron chi connectivity index (χ3n) is 8.19. The number of piperidine rings is 1. The molecule has 246 valence electrons. The van der Waals surface area contributed by atoms with Gasteiger partial charge in [-0.15, -0.1) is 0 Å². The summed E-state index contributed by atoms with van der Waals surface area (Å²) in [4.78, 5) is 40.1. The van der Waals surface area contributed by atoms with Crippen LogP contribution >= 0.6 is 23.2 Å². The highest BCUT2D eigenvalue weighted by atomic mass is 35.5. The van der Waals surface area contributed by atoms with Gasteiger partial charge in [-0.2, -0.15) is 0 Å². The number of aromatic nitrogens is 2. The molecule has 0 saturated carbocycles. The van der Waals surface area contributed by atoms with Crippen molar-refractivity contribution in [1.29, 1.82) is 5.41 Å². The van der Waals surface area contributed by atoms with Crippen LogP contribution < -0.4 is 21.3 Å². The molecule has 2 aliphatic rings. The molecule has 6 N–H and O–H groups in total. The van der Waals surface area contributed by atoms with Crippen molar-refractivity contribution < 1.29 is 19.4 Å². The summed E-state index contributed by atoms with van der Waals surface area (Å²) in [6.07, 6.45) is 3.40. The van der Waals surface area contributed by atoms with E-state index in [1.165, 1.54) is 0 Å². The molecule has 13 nitrogen and oxygen atoms in total. The second-order valence-corrected chi connectivity index (χ2v) is 12.0. The molecule has 15 heteroatoms. The fraction of sp³-hybridized carbons (Fsp3) is 0.567. The summed E-state index contributed by atoms with van der Waals surface area (Å²) in [6.45, 7) is 8.72. The number of anilines is 2. The Bertz CT molecular complexity index is 1360. The number of nitrogens with zero attached hydrogens (tertiary/aromatic N) is 5. The zero-order chi connectivity index (χ0) is 32.5. The minimum Gasteiger partial charge on any atom is -0.450 e. The molecule has 1 aromatic heterocycles. The van der Waals surface area contributed by atoms with Crippen LogP contribution in [0, 0.1) is 5.41 Å². The van der Waals surface area contributed by atoms with Gasteiger partial charge in [0.15, 0.2) is 22.5 Å². The third kappa shape index (κ3) is 8.95. The van der Waals surface area contributed by atoms with E-state index < -0.39 is 12.0 Å². The van der Waals surface area contributed by atoms with E-state index in [-0.39, 0.29) is 42.3 Å². The van der Waals surface area contributed by atoms with Gasteiger partial charge >= 0.3 is 6.09 Å².